The van der Waals surface area contributed by atoms with Gasteiger partial charge in [-0.1, -0.05) is 30.3 Å². The summed E-state index contributed by atoms with van der Waals surface area (Å²) in [6.07, 6.45) is 0. The average Bonchev–Trinajstić information content (AvgIpc) is 3.16. The summed E-state index contributed by atoms with van der Waals surface area (Å²) in [7, 11) is 1.70. The van der Waals surface area contributed by atoms with E-state index in [1.807, 2.05) is 0 Å². The van der Waals surface area contributed by atoms with Crippen LogP contribution in [0.1, 0.15) is 17.0 Å². The third-order valence-electron chi connectivity index (χ3n) is 4.12. The van der Waals surface area contributed by atoms with E-state index in [0.717, 1.165) is 23.9 Å². The molecule has 3 aromatic rings. The van der Waals surface area contributed by atoms with Crippen LogP contribution in [0, 0.1) is 13.8 Å². The summed E-state index contributed by atoms with van der Waals surface area (Å²) in [5, 5.41) is 6.35. The minimum atomic E-state index is 0. The second kappa shape index (κ2) is 9.04. The Kier molecular flexibility index (Phi) is 7.05. The first-order valence-electron chi connectivity index (χ1n) is 8.08. The number of thiazole rings is 1. The highest BCUT2D eigenvalue weighted by atomic mass is 35.5. The predicted octanol–water partition coefficient (Wildman–Crippen LogP) is 4.76. The fraction of sp³-hybridized carbons (Fsp3) is 0.316. The Morgan fingerprint density at radius 2 is 1.96 bits per heavy atom. The molecule has 0 fully saturated rings. The van der Waals surface area contributed by atoms with Gasteiger partial charge in [-0.15, -0.1) is 23.7 Å². The molecule has 3 rings (SSSR count). The second-order valence-electron chi connectivity index (χ2n) is 5.81. The molecular weight excluding hydrogens is 354 g/mol. The van der Waals surface area contributed by atoms with Crippen molar-refractivity contribution in [3.63, 3.8) is 0 Å². The summed E-state index contributed by atoms with van der Waals surface area (Å²) in [6, 6.07) is 12.8. The van der Waals surface area contributed by atoms with Gasteiger partial charge in [-0.3, -0.25) is 0 Å². The van der Waals surface area contributed by atoms with Gasteiger partial charge in [-0.25, -0.2) is 4.98 Å². The number of halogens is 1. The van der Waals surface area contributed by atoms with E-state index in [9.17, 15) is 0 Å². The van der Waals surface area contributed by atoms with E-state index in [-0.39, 0.29) is 12.4 Å². The third kappa shape index (κ3) is 4.63. The molecule has 0 unspecified atom stereocenters. The zero-order valence-electron chi connectivity index (χ0n) is 14.8. The number of hydrogen-bond acceptors (Lipinski definition) is 4. The van der Waals surface area contributed by atoms with Crippen LogP contribution in [-0.4, -0.2) is 29.8 Å². The van der Waals surface area contributed by atoms with E-state index in [0.29, 0.717) is 6.61 Å². The summed E-state index contributed by atoms with van der Waals surface area (Å²) in [4.78, 5) is 4.71. The van der Waals surface area contributed by atoms with Gasteiger partial charge >= 0.3 is 0 Å². The van der Waals surface area contributed by atoms with E-state index in [4.69, 9.17) is 9.72 Å². The molecule has 0 saturated heterocycles. The zero-order chi connectivity index (χ0) is 16.9. The molecule has 0 aliphatic heterocycles. The van der Waals surface area contributed by atoms with E-state index >= 15 is 0 Å². The van der Waals surface area contributed by atoms with Crippen LogP contribution in [0.3, 0.4) is 0 Å². The molecule has 0 aliphatic rings. The van der Waals surface area contributed by atoms with Crippen LogP contribution in [0.15, 0.2) is 41.8 Å². The molecule has 6 heteroatoms. The Balaban J connectivity index is 0.00000225. The van der Waals surface area contributed by atoms with Crippen LogP contribution in [0.2, 0.25) is 0 Å². The van der Waals surface area contributed by atoms with Crippen LogP contribution < -0.4 is 5.32 Å². The fourth-order valence-electron chi connectivity index (χ4n) is 2.81. The number of methoxy groups -OCH3 is 1. The van der Waals surface area contributed by atoms with Crippen LogP contribution in [0.4, 0.5) is 5.13 Å². The molecule has 0 radical (unpaired) electrons. The van der Waals surface area contributed by atoms with Crippen molar-refractivity contribution < 1.29 is 4.74 Å². The monoisotopic (exact) mass is 377 g/mol. The standard InChI is InChI=1S/C19H23N3OS.ClH/c1-14-11-17(18-13-24-19(21-18)20-9-10-23-3)15(2)22(14)12-16-7-5-4-6-8-16;/h4-8,11,13H,9-10,12H2,1-3H3,(H,20,21);1H. The smallest absolute Gasteiger partial charge is 0.183 e. The van der Waals surface area contributed by atoms with Gasteiger partial charge in [0, 0.05) is 42.5 Å². The summed E-state index contributed by atoms with van der Waals surface area (Å²) in [5.74, 6) is 0. The topological polar surface area (TPSA) is 39.1 Å². The van der Waals surface area contributed by atoms with Crippen LogP contribution in [0.5, 0.6) is 0 Å². The molecule has 0 saturated carbocycles. The molecular formula is C19H24ClN3OS. The molecule has 2 heterocycles. The normalized spacial score (nSPS) is 10.5. The number of rotatable bonds is 7. The maximum atomic E-state index is 5.06. The first kappa shape index (κ1) is 19.5. The molecule has 1 N–H and O–H groups in total. The zero-order valence-corrected chi connectivity index (χ0v) is 16.4. The fourth-order valence-corrected chi connectivity index (χ4v) is 3.55. The van der Waals surface area contributed by atoms with Gasteiger partial charge in [0.1, 0.15) is 0 Å². The number of ether oxygens (including phenoxy) is 1. The number of hydrogen-bond donors (Lipinski definition) is 1. The Hall–Kier alpha value is -1.82. The molecule has 0 atom stereocenters. The van der Waals surface area contributed by atoms with E-state index in [1.54, 1.807) is 18.4 Å². The number of benzene rings is 1. The number of nitrogens with one attached hydrogen (secondary N) is 1. The van der Waals surface area contributed by atoms with Gasteiger partial charge < -0.3 is 14.6 Å². The summed E-state index contributed by atoms with van der Waals surface area (Å²) in [6.45, 7) is 6.67. The second-order valence-corrected chi connectivity index (χ2v) is 6.67. The van der Waals surface area contributed by atoms with Crippen molar-refractivity contribution in [1.29, 1.82) is 0 Å². The highest BCUT2D eigenvalue weighted by Gasteiger charge is 2.14. The van der Waals surface area contributed by atoms with Crippen molar-refractivity contribution in [2.75, 3.05) is 25.6 Å². The largest absolute Gasteiger partial charge is 0.383 e. The van der Waals surface area contributed by atoms with E-state index in [1.165, 1.54) is 22.5 Å². The quantitative estimate of drug-likeness (QED) is 0.603. The van der Waals surface area contributed by atoms with Gasteiger partial charge in [0.15, 0.2) is 5.13 Å². The lowest BCUT2D eigenvalue weighted by Crippen LogP contribution is -2.07. The Morgan fingerprint density at radius 3 is 2.68 bits per heavy atom. The van der Waals surface area contributed by atoms with Crippen molar-refractivity contribution in [2.24, 2.45) is 0 Å². The van der Waals surface area contributed by atoms with Gasteiger partial charge in [-0.2, -0.15) is 0 Å². The lowest BCUT2D eigenvalue weighted by Gasteiger charge is -2.09. The predicted molar refractivity (Wildman–Crippen MR) is 108 cm³/mol. The third-order valence-corrected chi connectivity index (χ3v) is 4.92. The van der Waals surface area contributed by atoms with Crippen molar-refractivity contribution in [1.82, 2.24) is 9.55 Å². The molecule has 1 aromatic carbocycles. The molecule has 25 heavy (non-hydrogen) atoms. The average molecular weight is 378 g/mol. The Bertz CT molecular complexity index is 798. The van der Waals surface area contributed by atoms with Crippen LogP contribution in [0.25, 0.3) is 11.3 Å². The first-order valence-corrected chi connectivity index (χ1v) is 8.96. The van der Waals surface area contributed by atoms with Gasteiger partial charge in [0.2, 0.25) is 0 Å². The lowest BCUT2D eigenvalue weighted by molar-refractivity contribution is 0.211. The minimum absolute atomic E-state index is 0. The highest BCUT2D eigenvalue weighted by Crippen LogP contribution is 2.30. The SMILES string of the molecule is COCCNc1nc(-c2cc(C)n(Cc3ccccc3)c2C)cs1.Cl. The van der Waals surface area contributed by atoms with Crippen molar-refractivity contribution >= 4 is 28.9 Å². The van der Waals surface area contributed by atoms with Gasteiger partial charge in [-0.05, 0) is 25.5 Å². The number of aromatic nitrogens is 2. The Morgan fingerprint density at radius 1 is 1.20 bits per heavy atom. The van der Waals surface area contributed by atoms with Crippen LogP contribution >= 0.6 is 23.7 Å². The summed E-state index contributed by atoms with van der Waals surface area (Å²) < 4.78 is 7.41. The Labute approximate surface area is 159 Å². The first-order chi connectivity index (χ1) is 11.7. The molecule has 134 valence electrons. The molecule has 0 aliphatic carbocycles. The van der Waals surface area contributed by atoms with Gasteiger partial charge in [0.25, 0.3) is 0 Å². The molecule has 4 nitrogen and oxygen atoms in total. The summed E-state index contributed by atoms with van der Waals surface area (Å²) >= 11 is 1.64. The molecule has 0 bridgehead atoms. The maximum absolute atomic E-state index is 5.06. The maximum Gasteiger partial charge on any atom is 0.183 e. The molecule has 0 spiro atoms. The minimum Gasteiger partial charge on any atom is -0.383 e. The van der Waals surface area contributed by atoms with E-state index in [2.05, 4.69) is 65.5 Å². The van der Waals surface area contributed by atoms with Crippen molar-refractivity contribution in [2.45, 2.75) is 20.4 Å². The van der Waals surface area contributed by atoms with Gasteiger partial charge in [0.05, 0.1) is 12.3 Å². The molecule has 2 aromatic heterocycles. The number of aryl methyl sites for hydroxylation is 1. The number of nitrogens with zero attached hydrogens (tertiary/aromatic N) is 2. The van der Waals surface area contributed by atoms with Crippen molar-refractivity contribution in [3.05, 3.63) is 58.7 Å². The number of anilines is 1. The highest BCUT2D eigenvalue weighted by molar-refractivity contribution is 7.14. The lowest BCUT2D eigenvalue weighted by atomic mass is 10.2. The van der Waals surface area contributed by atoms with E-state index < -0.39 is 0 Å². The van der Waals surface area contributed by atoms with Crippen molar-refractivity contribution in [3.8, 4) is 11.3 Å². The summed E-state index contributed by atoms with van der Waals surface area (Å²) in [5.41, 5.74) is 6.07. The van der Waals surface area contributed by atoms with Crippen LogP contribution in [-0.2, 0) is 11.3 Å². The molecule has 0 amide bonds.